The Bertz CT molecular complexity index is 453. The lowest BCUT2D eigenvalue weighted by Gasteiger charge is -2.29. The number of nitrogens with one attached hydrogen (secondary N) is 1. The van der Waals surface area contributed by atoms with Gasteiger partial charge in [0.05, 0.1) is 0 Å². The highest BCUT2D eigenvalue weighted by molar-refractivity contribution is 9.10. The molecule has 0 aromatic carbocycles. The molecule has 19 heavy (non-hydrogen) atoms. The average molecular weight is 325 g/mol. The summed E-state index contributed by atoms with van der Waals surface area (Å²) in [5.74, 6) is 1.32. The summed E-state index contributed by atoms with van der Waals surface area (Å²) in [7, 11) is 0. The molecule has 2 rings (SSSR count). The number of hydrogen-bond acceptors (Lipinski definition) is 2. The number of amides is 1. The lowest BCUT2D eigenvalue weighted by Crippen LogP contribution is -2.35. The van der Waals surface area contributed by atoms with Crippen LogP contribution >= 0.6 is 15.9 Å². The van der Waals surface area contributed by atoms with E-state index in [0.717, 1.165) is 36.7 Å². The Morgan fingerprint density at radius 1 is 1.42 bits per heavy atom. The molecule has 1 saturated carbocycles. The van der Waals surface area contributed by atoms with E-state index in [2.05, 4.69) is 40.1 Å². The fourth-order valence-corrected chi connectivity index (χ4v) is 3.43. The Morgan fingerprint density at radius 3 is 2.68 bits per heavy atom. The first-order valence-corrected chi connectivity index (χ1v) is 7.75. The van der Waals surface area contributed by atoms with Crippen molar-refractivity contribution in [3.8, 4) is 0 Å². The molecule has 0 spiro atoms. The van der Waals surface area contributed by atoms with Crippen molar-refractivity contribution in [2.24, 2.45) is 11.3 Å². The third kappa shape index (κ3) is 3.56. The van der Waals surface area contributed by atoms with Gasteiger partial charge in [-0.15, -0.1) is 0 Å². The third-order valence-electron chi connectivity index (χ3n) is 3.80. The van der Waals surface area contributed by atoms with E-state index in [1.165, 1.54) is 0 Å². The SMILES string of the molecule is CC(C)CC1(C(=O)Nc2cccc(Br)n2)CCCC1. The Labute approximate surface area is 123 Å². The van der Waals surface area contributed by atoms with Crippen LogP contribution in [0, 0.1) is 11.3 Å². The van der Waals surface area contributed by atoms with Crippen LogP contribution in [0.1, 0.15) is 46.0 Å². The van der Waals surface area contributed by atoms with Gasteiger partial charge in [0.25, 0.3) is 0 Å². The summed E-state index contributed by atoms with van der Waals surface area (Å²) in [5, 5.41) is 2.99. The number of aromatic nitrogens is 1. The van der Waals surface area contributed by atoms with Crippen molar-refractivity contribution in [2.45, 2.75) is 46.0 Å². The number of carbonyl (C=O) groups excluding carboxylic acids is 1. The van der Waals surface area contributed by atoms with Gasteiger partial charge in [0.1, 0.15) is 10.4 Å². The Morgan fingerprint density at radius 2 is 2.11 bits per heavy atom. The highest BCUT2D eigenvalue weighted by atomic mass is 79.9. The molecule has 0 radical (unpaired) electrons. The number of hydrogen-bond donors (Lipinski definition) is 1. The molecular weight excluding hydrogens is 304 g/mol. The predicted molar refractivity (Wildman–Crippen MR) is 80.9 cm³/mol. The summed E-state index contributed by atoms with van der Waals surface area (Å²) < 4.78 is 0.745. The Hall–Kier alpha value is -0.900. The molecule has 1 heterocycles. The zero-order valence-corrected chi connectivity index (χ0v) is 13.2. The summed E-state index contributed by atoms with van der Waals surface area (Å²) >= 11 is 3.33. The third-order valence-corrected chi connectivity index (χ3v) is 4.24. The van der Waals surface area contributed by atoms with Crippen molar-refractivity contribution in [3.63, 3.8) is 0 Å². The first kappa shape index (κ1) is 14.5. The molecule has 1 fully saturated rings. The van der Waals surface area contributed by atoms with Gasteiger partial charge in [-0.25, -0.2) is 4.98 Å². The number of halogens is 1. The fourth-order valence-electron chi connectivity index (χ4n) is 3.08. The van der Waals surface area contributed by atoms with E-state index in [-0.39, 0.29) is 11.3 Å². The van der Waals surface area contributed by atoms with Crippen molar-refractivity contribution in [1.82, 2.24) is 4.98 Å². The van der Waals surface area contributed by atoms with Crippen LogP contribution in [0.4, 0.5) is 5.82 Å². The van der Waals surface area contributed by atoms with E-state index in [9.17, 15) is 4.79 Å². The molecular formula is C15H21BrN2O. The number of anilines is 1. The van der Waals surface area contributed by atoms with E-state index in [4.69, 9.17) is 0 Å². The highest BCUT2D eigenvalue weighted by Gasteiger charge is 2.41. The van der Waals surface area contributed by atoms with E-state index in [1.54, 1.807) is 0 Å². The van der Waals surface area contributed by atoms with Crippen LogP contribution in [-0.2, 0) is 4.79 Å². The highest BCUT2D eigenvalue weighted by Crippen LogP contribution is 2.44. The van der Waals surface area contributed by atoms with Crippen LogP contribution in [0.5, 0.6) is 0 Å². The lowest BCUT2D eigenvalue weighted by atomic mass is 9.77. The van der Waals surface area contributed by atoms with E-state index >= 15 is 0 Å². The Balaban J connectivity index is 2.12. The number of pyridine rings is 1. The van der Waals surface area contributed by atoms with Crippen molar-refractivity contribution in [1.29, 1.82) is 0 Å². The van der Waals surface area contributed by atoms with Gasteiger partial charge in [-0.1, -0.05) is 32.8 Å². The topological polar surface area (TPSA) is 42.0 Å². The van der Waals surface area contributed by atoms with E-state index in [0.29, 0.717) is 11.7 Å². The van der Waals surface area contributed by atoms with Crippen LogP contribution < -0.4 is 5.32 Å². The summed E-state index contributed by atoms with van der Waals surface area (Å²) in [6, 6.07) is 5.58. The van der Waals surface area contributed by atoms with Crippen molar-refractivity contribution >= 4 is 27.7 Å². The number of rotatable bonds is 4. The molecule has 0 bridgehead atoms. The van der Waals surface area contributed by atoms with Crippen LogP contribution in [-0.4, -0.2) is 10.9 Å². The summed E-state index contributed by atoms with van der Waals surface area (Å²) in [6.45, 7) is 4.37. The molecule has 1 aliphatic carbocycles. The van der Waals surface area contributed by atoms with Gasteiger partial charge in [-0.3, -0.25) is 4.79 Å². The van der Waals surface area contributed by atoms with Crippen LogP contribution in [0.3, 0.4) is 0 Å². The second-order valence-electron chi connectivity index (χ2n) is 5.89. The summed E-state index contributed by atoms with van der Waals surface area (Å²) in [4.78, 5) is 16.9. The van der Waals surface area contributed by atoms with Gasteiger partial charge in [-0.2, -0.15) is 0 Å². The minimum atomic E-state index is -0.182. The molecule has 4 heteroatoms. The predicted octanol–water partition coefficient (Wildman–Crippen LogP) is 4.39. The molecule has 1 aromatic heterocycles. The minimum absolute atomic E-state index is 0.143. The van der Waals surface area contributed by atoms with Crippen LogP contribution in [0.15, 0.2) is 22.8 Å². The second-order valence-corrected chi connectivity index (χ2v) is 6.70. The van der Waals surface area contributed by atoms with Crippen LogP contribution in [0.2, 0.25) is 0 Å². The van der Waals surface area contributed by atoms with Crippen molar-refractivity contribution in [2.75, 3.05) is 5.32 Å². The molecule has 0 unspecified atom stereocenters. The minimum Gasteiger partial charge on any atom is -0.310 e. The van der Waals surface area contributed by atoms with E-state index in [1.807, 2.05) is 18.2 Å². The fraction of sp³-hybridized carbons (Fsp3) is 0.600. The van der Waals surface area contributed by atoms with Crippen LogP contribution in [0.25, 0.3) is 0 Å². The molecule has 1 amide bonds. The van der Waals surface area contributed by atoms with Gasteiger partial charge in [0.2, 0.25) is 5.91 Å². The summed E-state index contributed by atoms with van der Waals surface area (Å²) in [6.07, 6.45) is 5.29. The van der Waals surface area contributed by atoms with Gasteiger partial charge in [-0.05, 0) is 53.2 Å². The van der Waals surface area contributed by atoms with Gasteiger partial charge in [0, 0.05) is 5.41 Å². The zero-order chi connectivity index (χ0) is 13.9. The maximum Gasteiger partial charge on any atom is 0.231 e. The van der Waals surface area contributed by atoms with Crippen molar-refractivity contribution < 1.29 is 4.79 Å². The molecule has 0 atom stereocenters. The average Bonchev–Trinajstić information content (AvgIpc) is 2.78. The first-order chi connectivity index (χ1) is 9.02. The zero-order valence-electron chi connectivity index (χ0n) is 11.6. The molecule has 1 N–H and O–H groups in total. The van der Waals surface area contributed by atoms with Crippen molar-refractivity contribution in [3.05, 3.63) is 22.8 Å². The first-order valence-electron chi connectivity index (χ1n) is 6.96. The smallest absolute Gasteiger partial charge is 0.231 e. The lowest BCUT2D eigenvalue weighted by molar-refractivity contribution is -0.126. The van der Waals surface area contributed by atoms with Gasteiger partial charge < -0.3 is 5.32 Å². The Kier molecular flexibility index (Phi) is 4.61. The largest absolute Gasteiger partial charge is 0.310 e. The molecule has 0 aliphatic heterocycles. The molecule has 3 nitrogen and oxygen atoms in total. The van der Waals surface area contributed by atoms with E-state index < -0.39 is 0 Å². The quantitative estimate of drug-likeness (QED) is 0.834. The molecule has 0 saturated heterocycles. The number of nitrogens with zero attached hydrogens (tertiary/aromatic N) is 1. The maximum atomic E-state index is 12.6. The molecule has 1 aliphatic rings. The standard InChI is InChI=1S/C15H21BrN2O/c1-11(2)10-15(8-3-4-9-15)14(19)18-13-7-5-6-12(16)17-13/h5-7,11H,3-4,8-10H2,1-2H3,(H,17,18,19). The second kappa shape index (κ2) is 6.04. The molecule has 1 aromatic rings. The summed E-state index contributed by atoms with van der Waals surface area (Å²) in [5.41, 5.74) is -0.182. The maximum absolute atomic E-state index is 12.6. The molecule has 104 valence electrons. The monoisotopic (exact) mass is 324 g/mol. The number of carbonyl (C=O) groups is 1. The normalized spacial score (nSPS) is 17.7. The van der Waals surface area contributed by atoms with Gasteiger partial charge >= 0.3 is 0 Å². The van der Waals surface area contributed by atoms with Gasteiger partial charge in [0.15, 0.2) is 0 Å².